The van der Waals surface area contributed by atoms with Gasteiger partial charge in [-0.2, -0.15) is 0 Å². The number of rotatable bonds is 8. The number of aromatic nitrogens is 2. The minimum absolute atomic E-state index is 0.0474. The Morgan fingerprint density at radius 1 is 1.21 bits per heavy atom. The van der Waals surface area contributed by atoms with Crippen molar-refractivity contribution in [2.24, 2.45) is 5.92 Å². The number of pyridine rings is 2. The predicted molar refractivity (Wildman–Crippen MR) is 143 cm³/mol. The fourth-order valence-electron chi connectivity index (χ4n) is 4.44. The molecule has 1 aromatic carbocycles. The van der Waals surface area contributed by atoms with Gasteiger partial charge in [-0.1, -0.05) is 19.1 Å². The lowest BCUT2D eigenvalue weighted by molar-refractivity contribution is -0.130. The Morgan fingerprint density at radius 3 is 2.58 bits per heavy atom. The van der Waals surface area contributed by atoms with Crippen molar-refractivity contribution in [3.05, 3.63) is 72.2 Å². The van der Waals surface area contributed by atoms with Crippen molar-refractivity contribution in [3.63, 3.8) is 0 Å². The molecule has 0 radical (unpaired) electrons. The number of aliphatic hydroxyl groups excluding tert-OH is 1. The number of hydrogen-bond donors (Lipinski definition) is 1. The van der Waals surface area contributed by atoms with E-state index in [0.29, 0.717) is 18.7 Å². The van der Waals surface area contributed by atoms with Gasteiger partial charge in [-0.15, -0.1) is 0 Å². The highest BCUT2D eigenvalue weighted by atomic mass is 16.5. The number of methoxy groups -OCH3 is 1. The highest BCUT2D eigenvalue weighted by Gasteiger charge is 2.34. The molecule has 2 amide bonds. The van der Waals surface area contributed by atoms with E-state index in [1.807, 2.05) is 50.2 Å². The smallest absolute Gasteiger partial charge is 0.259 e. The summed E-state index contributed by atoms with van der Waals surface area (Å²) in [6.45, 7) is 4.31. The number of carbonyl (C=O) groups excluding carboxylic acids is 2. The summed E-state index contributed by atoms with van der Waals surface area (Å²) >= 11 is 0. The SMILES string of the molecule is COc1ccc(-c2cnc3c(c2)C(=O)N([C@H](C)CO)C[C@@H](C)[C@H](CN(C)C(=O)Cc2ccncc2)O3)cc1. The largest absolute Gasteiger partial charge is 0.497 e. The zero-order chi connectivity index (χ0) is 27.2. The van der Waals surface area contributed by atoms with Crippen LogP contribution < -0.4 is 9.47 Å². The number of nitrogens with zero attached hydrogens (tertiary/aromatic N) is 4. The van der Waals surface area contributed by atoms with Crippen LogP contribution in [0, 0.1) is 5.92 Å². The molecule has 1 aliphatic heterocycles. The average molecular weight is 519 g/mol. The van der Waals surface area contributed by atoms with Crippen LogP contribution in [0.25, 0.3) is 11.1 Å². The molecule has 1 aliphatic rings. The van der Waals surface area contributed by atoms with Crippen LogP contribution in [0.1, 0.15) is 29.8 Å². The Labute approximate surface area is 223 Å². The Kier molecular flexibility index (Phi) is 8.58. The van der Waals surface area contributed by atoms with Crippen LogP contribution in [0.4, 0.5) is 0 Å². The summed E-state index contributed by atoms with van der Waals surface area (Å²) in [5, 5.41) is 9.90. The molecule has 0 aliphatic carbocycles. The van der Waals surface area contributed by atoms with Gasteiger partial charge in [0.05, 0.1) is 32.7 Å². The summed E-state index contributed by atoms with van der Waals surface area (Å²) in [5.41, 5.74) is 2.84. The van der Waals surface area contributed by atoms with E-state index in [0.717, 1.165) is 22.4 Å². The number of hydrogen-bond acceptors (Lipinski definition) is 7. The van der Waals surface area contributed by atoms with Crippen molar-refractivity contribution < 1.29 is 24.2 Å². The lowest BCUT2D eigenvalue weighted by atomic mass is 9.99. The van der Waals surface area contributed by atoms with Gasteiger partial charge in [0.2, 0.25) is 11.8 Å². The van der Waals surface area contributed by atoms with Gasteiger partial charge in [-0.25, -0.2) is 4.98 Å². The second kappa shape index (κ2) is 12.0. The second-order valence-corrected chi connectivity index (χ2v) is 9.73. The van der Waals surface area contributed by atoms with E-state index in [4.69, 9.17) is 9.47 Å². The molecule has 9 nitrogen and oxygen atoms in total. The van der Waals surface area contributed by atoms with Gasteiger partial charge in [0.25, 0.3) is 5.91 Å². The molecule has 0 unspecified atom stereocenters. The van der Waals surface area contributed by atoms with Gasteiger partial charge in [0, 0.05) is 43.7 Å². The van der Waals surface area contributed by atoms with E-state index in [1.54, 1.807) is 48.6 Å². The topological polar surface area (TPSA) is 105 Å². The van der Waals surface area contributed by atoms with E-state index in [2.05, 4.69) is 9.97 Å². The van der Waals surface area contributed by atoms with Gasteiger partial charge in [0.15, 0.2) is 0 Å². The molecule has 0 spiro atoms. The maximum Gasteiger partial charge on any atom is 0.259 e. The molecule has 0 fully saturated rings. The minimum Gasteiger partial charge on any atom is -0.497 e. The Hall–Kier alpha value is -3.98. The molecular weight excluding hydrogens is 484 g/mol. The maximum absolute atomic E-state index is 13.7. The molecular formula is C29H34N4O5. The van der Waals surface area contributed by atoms with Crippen LogP contribution in [0.2, 0.25) is 0 Å². The van der Waals surface area contributed by atoms with Crippen molar-refractivity contribution >= 4 is 11.8 Å². The standard InChI is InChI=1S/C29H34N4O5/c1-19-16-33(20(2)18-34)29(36)25-14-23(22-5-7-24(37-4)8-6-22)15-31-28(25)38-26(19)17-32(3)27(35)13-21-9-11-30-12-10-21/h5-12,14-15,19-20,26,34H,13,16-18H2,1-4H3/t19-,20-,26+/m1/s1. The van der Waals surface area contributed by atoms with Gasteiger partial charge in [-0.05, 0) is 48.4 Å². The molecule has 3 heterocycles. The average Bonchev–Trinajstić information content (AvgIpc) is 2.94. The Morgan fingerprint density at radius 2 is 1.92 bits per heavy atom. The van der Waals surface area contributed by atoms with Gasteiger partial charge in [0.1, 0.15) is 17.4 Å². The first-order valence-electron chi connectivity index (χ1n) is 12.7. The fraction of sp³-hybridized carbons (Fsp3) is 0.379. The van der Waals surface area contributed by atoms with E-state index in [1.165, 1.54) is 0 Å². The molecule has 4 rings (SSSR count). The monoisotopic (exact) mass is 518 g/mol. The molecule has 3 aromatic rings. The van der Waals surface area contributed by atoms with Crippen molar-refractivity contribution in [1.29, 1.82) is 0 Å². The first-order valence-corrected chi connectivity index (χ1v) is 12.7. The van der Waals surface area contributed by atoms with Crippen LogP contribution >= 0.6 is 0 Å². The second-order valence-electron chi connectivity index (χ2n) is 9.73. The minimum atomic E-state index is -0.416. The summed E-state index contributed by atoms with van der Waals surface area (Å²) in [5.74, 6) is 0.523. The van der Waals surface area contributed by atoms with Crippen LogP contribution in [-0.4, -0.2) is 82.7 Å². The molecule has 0 saturated carbocycles. The summed E-state index contributed by atoms with van der Waals surface area (Å²) in [4.78, 5) is 38.5. The molecule has 0 saturated heterocycles. The Bertz CT molecular complexity index is 1250. The summed E-state index contributed by atoms with van der Waals surface area (Å²) in [6.07, 6.45) is 4.85. The number of amides is 2. The number of likely N-dealkylation sites (N-methyl/N-ethyl adjacent to an activating group) is 1. The van der Waals surface area contributed by atoms with E-state index in [-0.39, 0.29) is 36.6 Å². The van der Waals surface area contributed by atoms with Crippen LogP contribution in [0.15, 0.2) is 61.1 Å². The zero-order valence-electron chi connectivity index (χ0n) is 22.2. The van der Waals surface area contributed by atoms with Crippen molar-refractivity contribution in [2.45, 2.75) is 32.4 Å². The number of ether oxygens (including phenoxy) is 2. The summed E-state index contributed by atoms with van der Waals surface area (Å²) < 4.78 is 11.6. The summed E-state index contributed by atoms with van der Waals surface area (Å²) in [6, 6.07) is 12.5. The van der Waals surface area contributed by atoms with Crippen molar-refractivity contribution in [2.75, 3.05) is 33.9 Å². The number of fused-ring (bicyclic) bond motifs is 1. The molecule has 38 heavy (non-hydrogen) atoms. The fourth-order valence-corrected chi connectivity index (χ4v) is 4.44. The van der Waals surface area contributed by atoms with Gasteiger partial charge < -0.3 is 24.4 Å². The molecule has 1 N–H and O–H groups in total. The Balaban J connectivity index is 1.63. The number of aliphatic hydroxyl groups is 1. The van der Waals surface area contributed by atoms with Crippen LogP contribution in [0.5, 0.6) is 11.6 Å². The molecule has 2 aromatic heterocycles. The number of benzene rings is 1. The summed E-state index contributed by atoms with van der Waals surface area (Å²) in [7, 11) is 3.36. The van der Waals surface area contributed by atoms with Crippen molar-refractivity contribution in [1.82, 2.24) is 19.8 Å². The van der Waals surface area contributed by atoms with Gasteiger partial charge in [-0.3, -0.25) is 14.6 Å². The maximum atomic E-state index is 13.7. The number of carbonyl (C=O) groups is 2. The molecule has 9 heteroatoms. The quantitative estimate of drug-likeness (QED) is 0.489. The van der Waals surface area contributed by atoms with Gasteiger partial charge >= 0.3 is 0 Å². The van der Waals surface area contributed by atoms with E-state index >= 15 is 0 Å². The molecule has 200 valence electrons. The van der Waals surface area contributed by atoms with Crippen LogP contribution in [-0.2, 0) is 11.2 Å². The third kappa shape index (κ3) is 6.11. The molecule has 3 atom stereocenters. The third-order valence-corrected chi connectivity index (χ3v) is 6.93. The molecule has 0 bridgehead atoms. The highest BCUT2D eigenvalue weighted by molar-refractivity contribution is 5.98. The zero-order valence-corrected chi connectivity index (χ0v) is 22.2. The normalized spacial score (nSPS) is 18.0. The highest BCUT2D eigenvalue weighted by Crippen LogP contribution is 2.31. The predicted octanol–water partition coefficient (Wildman–Crippen LogP) is 3.07. The van der Waals surface area contributed by atoms with Crippen LogP contribution in [0.3, 0.4) is 0 Å². The lowest BCUT2D eigenvalue weighted by Gasteiger charge is -2.37. The van der Waals surface area contributed by atoms with Crippen molar-refractivity contribution in [3.8, 4) is 22.8 Å². The lowest BCUT2D eigenvalue weighted by Crippen LogP contribution is -2.50. The first kappa shape index (κ1) is 27.1. The van der Waals surface area contributed by atoms with E-state index in [9.17, 15) is 14.7 Å². The third-order valence-electron chi connectivity index (χ3n) is 6.93. The first-order chi connectivity index (χ1) is 18.3. The van der Waals surface area contributed by atoms with E-state index < -0.39 is 12.1 Å².